The first-order valence-electron chi connectivity index (χ1n) is 10.1. The fourth-order valence-electron chi connectivity index (χ4n) is 2.90. The van der Waals surface area contributed by atoms with Gasteiger partial charge < -0.3 is 9.47 Å². The van der Waals surface area contributed by atoms with Crippen LogP contribution in [0.15, 0.2) is 59.5 Å². The van der Waals surface area contributed by atoms with E-state index in [0.717, 1.165) is 11.1 Å². The molecule has 4 nitrogen and oxygen atoms in total. The summed E-state index contributed by atoms with van der Waals surface area (Å²) in [4.78, 5) is 12.3. The number of hydrogen-bond acceptors (Lipinski definition) is 4. The van der Waals surface area contributed by atoms with Gasteiger partial charge in [0.1, 0.15) is 0 Å². The molecule has 0 amide bonds. The van der Waals surface area contributed by atoms with E-state index >= 15 is 0 Å². The van der Waals surface area contributed by atoms with E-state index in [0.29, 0.717) is 18.1 Å². The fourth-order valence-corrected chi connectivity index (χ4v) is 3.98. The average molecular weight is 498 g/mol. The highest BCUT2D eigenvalue weighted by atomic mass is 32.2. The molecule has 0 saturated carbocycles. The molecule has 0 fully saturated rings. The van der Waals surface area contributed by atoms with Crippen molar-refractivity contribution in [2.45, 2.75) is 31.0 Å². The second-order valence-electron chi connectivity index (χ2n) is 7.15. The number of carbonyl (C=O) groups excluding carboxylic acids is 1. The Kier molecular flexibility index (Phi) is 8.89. The number of rotatable bonds is 10. The van der Waals surface area contributed by atoms with Crippen molar-refractivity contribution in [3.05, 3.63) is 94.8 Å². The van der Waals surface area contributed by atoms with Crippen LogP contribution in [-0.2, 0) is 33.5 Å². The van der Waals surface area contributed by atoms with Gasteiger partial charge in [-0.3, -0.25) is 9.00 Å². The summed E-state index contributed by atoms with van der Waals surface area (Å²) in [6, 6.07) is 16.5. The van der Waals surface area contributed by atoms with E-state index in [1.165, 1.54) is 0 Å². The van der Waals surface area contributed by atoms with Crippen molar-refractivity contribution >= 4 is 16.8 Å². The van der Waals surface area contributed by atoms with Crippen molar-refractivity contribution in [3.8, 4) is 5.75 Å². The van der Waals surface area contributed by atoms with Crippen LogP contribution in [0.4, 0.5) is 22.0 Å². The van der Waals surface area contributed by atoms with Gasteiger partial charge in [0.15, 0.2) is 0 Å². The van der Waals surface area contributed by atoms with Crippen LogP contribution in [0.1, 0.15) is 24.0 Å². The van der Waals surface area contributed by atoms with Crippen molar-refractivity contribution in [1.82, 2.24) is 0 Å². The molecular formula is C24H19F5O4S. The Balaban J connectivity index is 1.45. The summed E-state index contributed by atoms with van der Waals surface area (Å²) in [5, 5.41) is 0. The van der Waals surface area contributed by atoms with Crippen LogP contribution in [0.3, 0.4) is 0 Å². The van der Waals surface area contributed by atoms with Crippen LogP contribution in [0.2, 0.25) is 0 Å². The second-order valence-corrected chi connectivity index (χ2v) is 8.72. The molecule has 0 aliphatic carbocycles. The van der Waals surface area contributed by atoms with Crippen molar-refractivity contribution in [1.29, 1.82) is 0 Å². The quantitative estimate of drug-likeness (QED) is 0.120. The van der Waals surface area contributed by atoms with E-state index in [4.69, 9.17) is 4.74 Å². The monoisotopic (exact) mass is 498 g/mol. The van der Waals surface area contributed by atoms with Gasteiger partial charge in [-0.1, -0.05) is 42.5 Å². The smallest absolute Gasteiger partial charge is 0.311 e. The van der Waals surface area contributed by atoms with Crippen LogP contribution < -0.4 is 4.74 Å². The Morgan fingerprint density at radius 1 is 0.735 bits per heavy atom. The lowest BCUT2D eigenvalue weighted by Gasteiger charge is -2.09. The third kappa shape index (κ3) is 6.48. The molecule has 3 rings (SSSR count). The summed E-state index contributed by atoms with van der Waals surface area (Å²) in [6.07, 6.45) is -0.431. The van der Waals surface area contributed by atoms with E-state index < -0.39 is 58.0 Å². The Morgan fingerprint density at radius 2 is 1.26 bits per heavy atom. The topological polar surface area (TPSA) is 52.6 Å². The highest BCUT2D eigenvalue weighted by molar-refractivity contribution is 7.85. The van der Waals surface area contributed by atoms with Gasteiger partial charge in [-0.2, -0.15) is 8.78 Å². The zero-order chi connectivity index (χ0) is 24.7. The highest BCUT2D eigenvalue weighted by Gasteiger charge is 2.28. The maximum Gasteiger partial charge on any atom is 0.311 e. The summed E-state index contributed by atoms with van der Waals surface area (Å²) in [5.41, 5.74) is 1.92. The number of carbonyl (C=O) groups is 1. The van der Waals surface area contributed by atoms with E-state index in [-0.39, 0.29) is 12.2 Å². The first-order valence-corrected chi connectivity index (χ1v) is 11.4. The first-order chi connectivity index (χ1) is 16.3. The minimum Gasteiger partial charge on any atom is -0.420 e. The molecule has 0 aromatic heterocycles. The third-order valence-corrected chi connectivity index (χ3v) is 6.12. The predicted octanol–water partition coefficient (Wildman–Crippen LogP) is 5.59. The lowest BCUT2D eigenvalue weighted by Crippen LogP contribution is -2.14. The molecule has 0 aliphatic heterocycles. The molecule has 10 heteroatoms. The van der Waals surface area contributed by atoms with Gasteiger partial charge in [-0.15, -0.1) is 0 Å². The van der Waals surface area contributed by atoms with Crippen LogP contribution in [0.25, 0.3) is 0 Å². The number of esters is 1. The minimum atomic E-state index is -2.35. The normalized spacial score (nSPS) is 11.9. The number of ether oxygens (including phenoxy) is 2. The zero-order valence-electron chi connectivity index (χ0n) is 17.7. The summed E-state index contributed by atoms with van der Waals surface area (Å²) in [7, 11) is -1.48. The molecule has 3 aromatic carbocycles. The molecule has 0 heterocycles. The van der Waals surface area contributed by atoms with Crippen molar-refractivity contribution < 1.29 is 40.4 Å². The van der Waals surface area contributed by atoms with Crippen LogP contribution >= 0.6 is 0 Å². The Morgan fingerprint density at radius 3 is 1.85 bits per heavy atom. The molecule has 34 heavy (non-hydrogen) atoms. The second kappa shape index (κ2) is 11.8. The first kappa shape index (κ1) is 25.5. The van der Waals surface area contributed by atoms with Crippen molar-refractivity contribution in [2.24, 2.45) is 0 Å². The van der Waals surface area contributed by atoms with Gasteiger partial charge in [-0.05, 0) is 29.7 Å². The standard InChI is InChI=1S/C24H19F5O4S/c25-19-20(26)22(28)24(23(29)21(19)27)33-18(30)7-4-12-34(31)17-10-8-16(9-11-17)14-32-13-15-5-2-1-3-6-15/h1-3,5-6,8-11H,4,7,12-14H2. The SMILES string of the molecule is O=C(CCCS(=O)c1ccc(COCc2ccccc2)cc1)Oc1c(F)c(F)c(F)c(F)c1F. The van der Waals surface area contributed by atoms with Crippen LogP contribution in [-0.4, -0.2) is 15.9 Å². The van der Waals surface area contributed by atoms with E-state index in [1.807, 2.05) is 30.3 Å². The molecule has 0 radical (unpaired) electrons. The van der Waals surface area contributed by atoms with Gasteiger partial charge in [-0.25, -0.2) is 13.2 Å². The summed E-state index contributed by atoms with van der Waals surface area (Å²) < 4.78 is 88.9. The maximum atomic E-state index is 13.6. The molecular weight excluding hydrogens is 479 g/mol. The molecule has 1 atom stereocenters. The molecule has 0 spiro atoms. The van der Waals surface area contributed by atoms with E-state index in [2.05, 4.69) is 4.74 Å². The number of halogens is 5. The van der Waals surface area contributed by atoms with Crippen LogP contribution in [0, 0.1) is 29.1 Å². The largest absolute Gasteiger partial charge is 0.420 e. The van der Waals surface area contributed by atoms with Gasteiger partial charge in [0.05, 0.1) is 24.0 Å². The van der Waals surface area contributed by atoms with Gasteiger partial charge in [0.2, 0.25) is 34.8 Å². The molecule has 0 saturated heterocycles. The molecule has 0 bridgehead atoms. The zero-order valence-corrected chi connectivity index (χ0v) is 18.5. The van der Waals surface area contributed by atoms with Crippen molar-refractivity contribution in [2.75, 3.05) is 5.75 Å². The molecule has 180 valence electrons. The predicted molar refractivity (Wildman–Crippen MR) is 114 cm³/mol. The van der Waals surface area contributed by atoms with E-state index in [1.54, 1.807) is 24.3 Å². The molecule has 1 unspecified atom stereocenters. The Bertz CT molecular complexity index is 1140. The lowest BCUT2D eigenvalue weighted by molar-refractivity contribution is -0.134. The maximum absolute atomic E-state index is 13.6. The van der Waals surface area contributed by atoms with E-state index in [9.17, 15) is 31.0 Å². The number of hydrogen-bond donors (Lipinski definition) is 0. The Hall–Kier alpha value is -3.11. The number of benzene rings is 3. The van der Waals surface area contributed by atoms with Gasteiger partial charge in [0, 0.05) is 17.1 Å². The molecule has 3 aromatic rings. The van der Waals surface area contributed by atoms with Crippen molar-refractivity contribution in [3.63, 3.8) is 0 Å². The summed E-state index contributed by atoms with van der Waals surface area (Å²) in [6.45, 7) is 0.820. The minimum absolute atomic E-state index is 0.00276. The fraction of sp³-hybridized carbons (Fsp3) is 0.208. The molecule has 0 aliphatic rings. The van der Waals surface area contributed by atoms with Gasteiger partial charge in [0.25, 0.3) is 0 Å². The molecule has 0 N–H and O–H groups in total. The van der Waals surface area contributed by atoms with Gasteiger partial charge >= 0.3 is 5.97 Å². The Labute approximate surface area is 194 Å². The third-order valence-electron chi connectivity index (χ3n) is 4.66. The summed E-state index contributed by atoms with van der Waals surface area (Å²) >= 11 is 0. The van der Waals surface area contributed by atoms with Crippen LogP contribution in [0.5, 0.6) is 5.75 Å². The average Bonchev–Trinajstić information content (AvgIpc) is 2.85. The lowest BCUT2D eigenvalue weighted by atomic mass is 10.2. The highest BCUT2D eigenvalue weighted by Crippen LogP contribution is 2.29. The summed E-state index contributed by atoms with van der Waals surface area (Å²) in [5.74, 6) is -14.1.